The number of hydrogen-bond donors (Lipinski definition) is 1. The van der Waals surface area contributed by atoms with Gasteiger partial charge in [0.05, 0.1) is 6.61 Å². The Morgan fingerprint density at radius 1 is 0.756 bits per heavy atom. The fourth-order valence-corrected chi connectivity index (χ4v) is 5.35. The van der Waals surface area contributed by atoms with Gasteiger partial charge in [-0.15, -0.1) is 0 Å². The number of para-hydroxylation sites is 1. The van der Waals surface area contributed by atoms with Crippen LogP contribution in [0.2, 0.25) is 0 Å². The number of nitrogens with zero attached hydrogens (tertiary/aromatic N) is 3. The highest BCUT2D eigenvalue weighted by Gasteiger charge is 2.26. The number of carboxylic acids is 1. The van der Waals surface area contributed by atoms with Crippen molar-refractivity contribution in [3.8, 4) is 22.6 Å². The lowest BCUT2D eigenvalue weighted by Crippen LogP contribution is -2.44. The lowest BCUT2D eigenvalue weighted by molar-refractivity contribution is -0.156. The highest BCUT2D eigenvalue weighted by atomic mass is 16.5. The smallest absolute Gasteiger partial charge is 0.394 e. The van der Waals surface area contributed by atoms with E-state index in [0.29, 0.717) is 43.7 Å². The van der Waals surface area contributed by atoms with Gasteiger partial charge in [0, 0.05) is 45.0 Å². The van der Waals surface area contributed by atoms with Crippen LogP contribution in [0.25, 0.3) is 11.1 Å². The van der Waals surface area contributed by atoms with Gasteiger partial charge in [-0.25, -0.2) is 4.79 Å². The van der Waals surface area contributed by atoms with Gasteiger partial charge in [0.2, 0.25) is 0 Å². The molecule has 3 aromatic rings. The predicted molar refractivity (Wildman–Crippen MR) is 175 cm³/mol. The summed E-state index contributed by atoms with van der Waals surface area (Å²) in [5, 5.41) is 9.66. The van der Waals surface area contributed by atoms with Crippen molar-refractivity contribution < 1.29 is 29.0 Å². The summed E-state index contributed by atoms with van der Waals surface area (Å²) in [5.41, 5.74) is 3.81. The standard InChI is InChI=1S/C36H45N3O6/c1-26(2)22-38-17-9-16-37(34(40)25-45-31-11-6-5-7-12-31)18-19-39(35(41)36(42)43)23-30-15-14-29(21-33(30)38)28-10-8-13-32(20-28)44-24-27(3)4/h5-8,10-15,20-21,26-27H,9,16-19,22-25H2,1-4H3,(H,42,43). The monoisotopic (exact) mass is 615 g/mol. The van der Waals surface area contributed by atoms with Crippen molar-refractivity contribution in [2.75, 3.05) is 50.8 Å². The number of carbonyl (C=O) groups excluding carboxylic acids is 2. The molecule has 1 aliphatic rings. The average molecular weight is 616 g/mol. The van der Waals surface area contributed by atoms with Crippen molar-refractivity contribution in [1.82, 2.24) is 9.80 Å². The van der Waals surface area contributed by atoms with Crippen molar-refractivity contribution in [2.24, 2.45) is 11.8 Å². The molecule has 0 bridgehead atoms. The van der Waals surface area contributed by atoms with Crippen molar-refractivity contribution >= 4 is 23.5 Å². The highest BCUT2D eigenvalue weighted by Crippen LogP contribution is 2.32. The van der Waals surface area contributed by atoms with E-state index in [1.54, 1.807) is 17.0 Å². The molecule has 0 spiro atoms. The third-order valence-electron chi connectivity index (χ3n) is 7.55. The summed E-state index contributed by atoms with van der Waals surface area (Å²) in [6.07, 6.45) is 0.693. The lowest BCUT2D eigenvalue weighted by Gasteiger charge is -2.30. The van der Waals surface area contributed by atoms with E-state index in [1.807, 2.05) is 54.6 Å². The molecule has 45 heavy (non-hydrogen) atoms. The third kappa shape index (κ3) is 9.73. The van der Waals surface area contributed by atoms with Gasteiger partial charge < -0.3 is 29.3 Å². The molecule has 1 aliphatic heterocycles. The maximum atomic E-state index is 13.3. The molecule has 0 fully saturated rings. The van der Waals surface area contributed by atoms with Gasteiger partial charge in [0.1, 0.15) is 11.5 Å². The molecule has 0 saturated carbocycles. The van der Waals surface area contributed by atoms with Crippen LogP contribution in [0.3, 0.4) is 0 Å². The van der Waals surface area contributed by atoms with Gasteiger partial charge in [-0.1, -0.05) is 70.2 Å². The summed E-state index contributed by atoms with van der Waals surface area (Å²) >= 11 is 0. The number of benzene rings is 3. The average Bonchev–Trinajstić information content (AvgIpc) is 3.06. The summed E-state index contributed by atoms with van der Waals surface area (Å²) in [5.74, 6) is -0.587. The van der Waals surface area contributed by atoms with Crippen LogP contribution in [-0.2, 0) is 20.9 Å². The zero-order valence-corrected chi connectivity index (χ0v) is 26.8. The minimum atomic E-state index is -1.52. The molecule has 0 atom stereocenters. The van der Waals surface area contributed by atoms with E-state index in [-0.39, 0.29) is 32.1 Å². The van der Waals surface area contributed by atoms with Crippen LogP contribution in [-0.4, -0.2) is 78.6 Å². The van der Waals surface area contributed by atoms with E-state index in [4.69, 9.17) is 9.47 Å². The summed E-state index contributed by atoms with van der Waals surface area (Å²) in [4.78, 5) is 43.3. The second-order valence-corrected chi connectivity index (χ2v) is 12.3. The van der Waals surface area contributed by atoms with Gasteiger partial charge >= 0.3 is 11.9 Å². The first-order valence-electron chi connectivity index (χ1n) is 15.7. The Morgan fingerprint density at radius 2 is 1.47 bits per heavy atom. The second kappa shape index (κ2) is 16.0. The number of amides is 2. The van der Waals surface area contributed by atoms with Crippen LogP contribution < -0.4 is 14.4 Å². The van der Waals surface area contributed by atoms with Crippen molar-refractivity contribution in [1.29, 1.82) is 0 Å². The number of fused-ring (bicyclic) bond motifs is 1. The van der Waals surface area contributed by atoms with E-state index in [0.717, 1.165) is 34.7 Å². The quantitative estimate of drug-likeness (QED) is 0.314. The summed E-state index contributed by atoms with van der Waals surface area (Å²) in [7, 11) is 0. The fourth-order valence-electron chi connectivity index (χ4n) is 5.35. The minimum Gasteiger partial charge on any atom is -0.493 e. The Morgan fingerprint density at radius 3 is 2.18 bits per heavy atom. The van der Waals surface area contributed by atoms with E-state index >= 15 is 0 Å². The van der Waals surface area contributed by atoms with Gasteiger partial charge in [0.15, 0.2) is 6.61 Å². The summed E-state index contributed by atoms with van der Waals surface area (Å²) in [6, 6.07) is 23.3. The SMILES string of the molecule is CC(C)COc1cccc(-c2ccc3c(c2)N(CC(C)C)CCCN(C(=O)COc2ccccc2)CCN(C(=O)C(=O)O)C3)c1. The molecule has 9 nitrogen and oxygen atoms in total. The third-order valence-corrected chi connectivity index (χ3v) is 7.55. The Hall–Kier alpha value is -4.53. The molecule has 1 heterocycles. The number of carbonyl (C=O) groups is 3. The summed E-state index contributed by atoms with van der Waals surface area (Å²) < 4.78 is 11.7. The molecule has 240 valence electrons. The van der Waals surface area contributed by atoms with E-state index in [9.17, 15) is 19.5 Å². The largest absolute Gasteiger partial charge is 0.493 e. The number of hydrogen-bond acceptors (Lipinski definition) is 6. The Kier molecular flexibility index (Phi) is 11.8. The molecule has 0 radical (unpaired) electrons. The normalized spacial score (nSPS) is 14.1. The Labute approximate surface area is 266 Å². The van der Waals surface area contributed by atoms with Crippen LogP contribution in [0.4, 0.5) is 5.69 Å². The number of rotatable bonds is 9. The van der Waals surface area contributed by atoms with Crippen LogP contribution in [0.15, 0.2) is 72.8 Å². The van der Waals surface area contributed by atoms with Crippen molar-refractivity contribution in [3.63, 3.8) is 0 Å². The topological polar surface area (TPSA) is 99.6 Å². The minimum absolute atomic E-state index is 0.0861. The van der Waals surface area contributed by atoms with Crippen molar-refractivity contribution in [2.45, 2.75) is 40.7 Å². The highest BCUT2D eigenvalue weighted by molar-refractivity contribution is 6.31. The number of carboxylic acid groups (broad SMARTS) is 1. The molecular formula is C36H45N3O6. The molecule has 0 aromatic heterocycles. The molecule has 1 N–H and O–H groups in total. The molecule has 0 unspecified atom stereocenters. The maximum absolute atomic E-state index is 13.3. The zero-order valence-electron chi connectivity index (χ0n) is 26.8. The molecule has 9 heteroatoms. The van der Waals surface area contributed by atoms with Gasteiger partial charge in [-0.2, -0.15) is 0 Å². The number of aliphatic carboxylic acids is 1. The van der Waals surface area contributed by atoms with E-state index in [1.165, 1.54) is 4.90 Å². The molecule has 0 aliphatic carbocycles. The van der Waals surface area contributed by atoms with Crippen LogP contribution in [0.1, 0.15) is 39.7 Å². The molecule has 2 amide bonds. The molecule has 0 saturated heterocycles. The Bertz CT molecular complexity index is 1440. The van der Waals surface area contributed by atoms with Crippen LogP contribution >= 0.6 is 0 Å². The predicted octanol–water partition coefficient (Wildman–Crippen LogP) is 5.58. The first-order chi connectivity index (χ1) is 21.6. The van der Waals surface area contributed by atoms with E-state index in [2.05, 4.69) is 38.7 Å². The van der Waals surface area contributed by atoms with Gasteiger partial charge in [0.25, 0.3) is 5.91 Å². The van der Waals surface area contributed by atoms with Gasteiger partial charge in [-0.05, 0) is 65.3 Å². The second-order valence-electron chi connectivity index (χ2n) is 12.3. The lowest BCUT2D eigenvalue weighted by atomic mass is 10.00. The first-order valence-corrected chi connectivity index (χ1v) is 15.7. The van der Waals surface area contributed by atoms with Gasteiger partial charge in [-0.3, -0.25) is 9.59 Å². The molecule has 3 aromatic carbocycles. The zero-order chi connectivity index (χ0) is 32.3. The summed E-state index contributed by atoms with van der Waals surface area (Å²) in [6.45, 7) is 11.3. The van der Waals surface area contributed by atoms with Crippen LogP contribution in [0.5, 0.6) is 11.5 Å². The first kappa shape index (κ1) is 33.4. The Balaban J connectivity index is 1.65. The number of ether oxygens (including phenoxy) is 2. The number of anilines is 1. The molecular weight excluding hydrogens is 570 g/mol. The molecule has 4 rings (SSSR count). The van der Waals surface area contributed by atoms with Crippen LogP contribution in [0, 0.1) is 11.8 Å². The maximum Gasteiger partial charge on any atom is 0.394 e. The fraction of sp³-hybridized carbons (Fsp3) is 0.417. The van der Waals surface area contributed by atoms with E-state index < -0.39 is 11.9 Å². The van der Waals surface area contributed by atoms with Crippen molar-refractivity contribution in [3.05, 3.63) is 78.4 Å².